The molecule has 1 amide bonds. The highest BCUT2D eigenvalue weighted by Crippen LogP contribution is 2.37. The first-order valence-corrected chi connectivity index (χ1v) is 13.2. The van der Waals surface area contributed by atoms with E-state index in [1.807, 2.05) is 12.3 Å². The number of fused-ring (bicyclic) bond motifs is 1. The summed E-state index contributed by atoms with van der Waals surface area (Å²) < 4.78 is 26.1. The van der Waals surface area contributed by atoms with Crippen molar-refractivity contribution in [2.75, 3.05) is 31.9 Å². The van der Waals surface area contributed by atoms with Crippen molar-refractivity contribution in [3.8, 4) is 11.1 Å². The molecule has 1 aliphatic heterocycles. The molecule has 3 heterocycles. The van der Waals surface area contributed by atoms with Crippen molar-refractivity contribution in [3.05, 3.63) is 53.5 Å². The van der Waals surface area contributed by atoms with E-state index in [0.717, 1.165) is 40.5 Å². The summed E-state index contributed by atoms with van der Waals surface area (Å²) in [5.74, 6) is -0.193. The van der Waals surface area contributed by atoms with Gasteiger partial charge in [-0.05, 0) is 60.6 Å². The fourth-order valence-corrected chi connectivity index (χ4v) is 5.79. The Labute approximate surface area is 200 Å². The van der Waals surface area contributed by atoms with Gasteiger partial charge in [0.1, 0.15) is 0 Å². The lowest BCUT2D eigenvalue weighted by molar-refractivity contribution is 0.100. The number of aromatic amines is 1. The van der Waals surface area contributed by atoms with Gasteiger partial charge in [0.15, 0.2) is 0 Å². The number of aromatic nitrogens is 2. The quantitative estimate of drug-likeness (QED) is 0.341. The van der Waals surface area contributed by atoms with Crippen molar-refractivity contribution in [2.45, 2.75) is 32.2 Å². The fraction of sp³-hybridized carbons (Fsp3) is 0.417. The van der Waals surface area contributed by atoms with Crippen LogP contribution in [0.1, 0.15) is 47.2 Å². The highest BCUT2D eigenvalue weighted by atomic mass is 32.2. The third-order valence-corrected chi connectivity index (χ3v) is 8.40. The summed E-state index contributed by atoms with van der Waals surface area (Å²) in [5, 5.41) is 4.20. The van der Waals surface area contributed by atoms with E-state index in [0.29, 0.717) is 43.8 Å². The summed E-state index contributed by atoms with van der Waals surface area (Å²) in [7, 11) is -3.18. The normalized spacial score (nSPS) is 15.7. The van der Waals surface area contributed by atoms with Crippen molar-refractivity contribution >= 4 is 26.8 Å². The maximum Gasteiger partial charge on any atom is 0.250 e. The summed E-state index contributed by atoms with van der Waals surface area (Å²) in [6.07, 6.45) is 6.97. The molecule has 1 fully saturated rings. The predicted octanol–water partition coefficient (Wildman–Crippen LogP) is 1.91. The van der Waals surface area contributed by atoms with Gasteiger partial charge in [0.05, 0.1) is 16.8 Å². The second kappa shape index (κ2) is 10.2. The van der Waals surface area contributed by atoms with Crippen molar-refractivity contribution in [1.29, 1.82) is 0 Å². The zero-order chi connectivity index (χ0) is 24.3. The molecule has 10 heteroatoms. The molecule has 0 saturated carbocycles. The van der Waals surface area contributed by atoms with E-state index in [-0.39, 0.29) is 11.7 Å². The van der Waals surface area contributed by atoms with Gasteiger partial charge in [0.25, 0.3) is 5.91 Å². The molecule has 0 spiro atoms. The third-order valence-electron chi connectivity index (χ3n) is 6.52. The highest BCUT2D eigenvalue weighted by molar-refractivity contribution is 7.89. The van der Waals surface area contributed by atoms with E-state index in [4.69, 9.17) is 11.5 Å². The summed E-state index contributed by atoms with van der Waals surface area (Å²) >= 11 is 0. The van der Waals surface area contributed by atoms with Crippen molar-refractivity contribution in [3.63, 3.8) is 0 Å². The Morgan fingerprint density at radius 2 is 1.97 bits per heavy atom. The number of H-pyrrole nitrogens is 1. The number of carbonyl (C=O) groups is 1. The first kappa shape index (κ1) is 24.3. The van der Waals surface area contributed by atoms with Gasteiger partial charge in [0, 0.05) is 62.3 Å². The molecule has 1 aliphatic rings. The molecule has 3 aromatic rings. The number of nitrogens with two attached hydrogens (primary N) is 2. The molecule has 0 radical (unpaired) electrons. The van der Waals surface area contributed by atoms with Crippen LogP contribution in [0.25, 0.3) is 22.0 Å². The van der Waals surface area contributed by atoms with Gasteiger partial charge in [-0.15, -0.1) is 0 Å². The maximum absolute atomic E-state index is 12.3. The monoisotopic (exact) mass is 484 g/mol. The largest absolute Gasteiger partial charge is 0.366 e. The molecule has 0 atom stereocenters. The Morgan fingerprint density at radius 3 is 2.65 bits per heavy atom. The molecule has 2 aromatic heterocycles. The number of primary amides is 1. The first-order chi connectivity index (χ1) is 16.3. The number of amides is 1. The van der Waals surface area contributed by atoms with Crippen molar-refractivity contribution in [2.24, 2.45) is 11.5 Å². The number of hydrogen-bond acceptors (Lipinski definition) is 6. The minimum atomic E-state index is -3.18. The molecule has 1 aromatic carbocycles. The molecule has 0 unspecified atom stereocenters. The van der Waals surface area contributed by atoms with Crippen LogP contribution < -0.4 is 16.8 Å². The van der Waals surface area contributed by atoms with E-state index in [9.17, 15) is 13.2 Å². The van der Waals surface area contributed by atoms with Gasteiger partial charge >= 0.3 is 0 Å². The highest BCUT2D eigenvalue weighted by Gasteiger charge is 2.29. The van der Waals surface area contributed by atoms with Crippen LogP contribution in [0.5, 0.6) is 0 Å². The number of nitrogens with one attached hydrogen (secondary N) is 2. The lowest BCUT2D eigenvalue weighted by atomic mass is 9.88. The average molecular weight is 485 g/mol. The molecule has 34 heavy (non-hydrogen) atoms. The van der Waals surface area contributed by atoms with Gasteiger partial charge < -0.3 is 21.8 Å². The average Bonchev–Trinajstić information content (AvgIpc) is 3.28. The van der Waals surface area contributed by atoms with Crippen LogP contribution >= 0.6 is 0 Å². The van der Waals surface area contributed by atoms with Crippen LogP contribution in [-0.2, 0) is 16.6 Å². The van der Waals surface area contributed by atoms with Crippen LogP contribution in [0.2, 0.25) is 0 Å². The third kappa shape index (κ3) is 5.00. The smallest absolute Gasteiger partial charge is 0.250 e. The van der Waals surface area contributed by atoms with E-state index in [2.05, 4.69) is 21.4 Å². The Balaban J connectivity index is 1.68. The molecule has 182 valence electrons. The lowest BCUT2D eigenvalue weighted by Crippen LogP contribution is -2.38. The standard InChI is InChI=1S/C24H32N6O3S/c1-2-34(32,33)30-7-3-17(4-8-30)22-15-29-23-20(22)10-18(11-21(23)24(26)31)19-9-16(13-28-14-19)12-27-6-5-25/h9-11,13-15,17,27,29H,2-8,12,25H2,1H3,(H2,26,31). The predicted molar refractivity (Wildman–Crippen MR) is 134 cm³/mol. The minimum absolute atomic E-state index is 0.116. The summed E-state index contributed by atoms with van der Waals surface area (Å²) in [6, 6.07) is 5.91. The summed E-state index contributed by atoms with van der Waals surface area (Å²) in [5.41, 5.74) is 16.3. The zero-order valence-corrected chi connectivity index (χ0v) is 20.2. The number of pyridine rings is 1. The molecule has 0 aliphatic carbocycles. The molecule has 6 N–H and O–H groups in total. The number of piperidine rings is 1. The SMILES string of the molecule is CCS(=O)(=O)N1CCC(c2c[nH]c3c(C(N)=O)cc(-c4cncc(CNCCN)c4)cc23)CC1. The Kier molecular flexibility index (Phi) is 7.32. The van der Waals surface area contributed by atoms with Crippen LogP contribution in [0.4, 0.5) is 0 Å². The van der Waals surface area contributed by atoms with Gasteiger partial charge in [-0.1, -0.05) is 0 Å². The Bertz CT molecular complexity index is 1280. The molecule has 9 nitrogen and oxygen atoms in total. The summed E-state index contributed by atoms with van der Waals surface area (Å²) in [4.78, 5) is 19.9. The van der Waals surface area contributed by atoms with E-state index in [1.54, 1.807) is 29.7 Å². The molecule has 1 saturated heterocycles. The molecular weight excluding hydrogens is 452 g/mol. The number of hydrogen-bond donors (Lipinski definition) is 4. The van der Waals surface area contributed by atoms with Crippen LogP contribution in [0.15, 0.2) is 36.8 Å². The molecule has 4 rings (SSSR count). The second-order valence-corrected chi connectivity index (χ2v) is 10.9. The number of benzene rings is 1. The first-order valence-electron chi connectivity index (χ1n) is 11.6. The topological polar surface area (TPSA) is 147 Å². The van der Waals surface area contributed by atoms with E-state index < -0.39 is 15.9 Å². The van der Waals surface area contributed by atoms with Gasteiger partial charge in [-0.2, -0.15) is 0 Å². The number of nitrogens with zero attached hydrogens (tertiary/aromatic N) is 2. The van der Waals surface area contributed by atoms with Gasteiger partial charge in [-0.3, -0.25) is 9.78 Å². The van der Waals surface area contributed by atoms with Crippen LogP contribution in [0, 0.1) is 0 Å². The van der Waals surface area contributed by atoms with E-state index in [1.165, 1.54) is 0 Å². The lowest BCUT2D eigenvalue weighted by Gasteiger charge is -2.31. The number of rotatable bonds is 9. The zero-order valence-electron chi connectivity index (χ0n) is 19.4. The molecule has 0 bridgehead atoms. The van der Waals surface area contributed by atoms with Gasteiger partial charge in [-0.25, -0.2) is 12.7 Å². The Hall–Kier alpha value is -2.79. The fourth-order valence-electron chi connectivity index (χ4n) is 4.66. The van der Waals surface area contributed by atoms with E-state index >= 15 is 0 Å². The number of sulfonamides is 1. The van der Waals surface area contributed by atoms with Crippen molar-refractivity contribution in [1.82, 2.24) is 19.6 Å². The van der Waals surface area contributed by atoms with Gasteiger partial charge in [0.2, 0.25) is 10.0 Å². The maximum atomic E-state index is 12.3. The van der Waals surface area contributed by atoms with Crippen molar-refractivity contribution < 1.29 is 13.2 Å². The second-order valence-electron chi connectivity index (χ2n) is 8.68. The molecular formula is C24H32N6O3S. The van der Waals surface area contributed by atoms with Crippen LogP contribution in [0.3, 0.4) is 0 Å². The van der Waals surface area contributed by atoms with Crippen LogP contribution in [-0.4, -0.2) is 60.5 Å². The summed E-state index contributed by atoms with van der Waals surface area (Å²) in [6.45, 7) is 4.59. The number of carbonyl (C=O) groups excluding carboxylic acids is 1. The Morgan fingerprint density at radius 1 is 1.21 bits per heavy atom. The minimum Gasteiger partial charge on any atom is -0.366 e.